The zero-order valence-electron chi connectivity index (χ0n) is 10.0. The van der Waals surface area contributed by atoms with Gasteiger partial charge in [0.25, 0.3) is 0 Å². The predicted octanol–water partition coefficient (Wildman–Crippen LogP) is 2.32. The Morgan fingerprint density at radius 2 is 2.25 bits per heavy atom. The van der Waals surface area contributed by atoms with E-state index < -0.39 is 5.97 Å². The van der Waals surface area contributed by atoms with Crippen LogP contribution in [0, 0.1) is 11.8 Å². The van der Waals surface area contributed by atoms with Crippen molar-refractivity contribution in [3.8, 4) is 0 Å². The van der Waals surface area contributed by atoms with Crippen molar-refractivity contribution in [1.29, 1.82) is 0 Å². The molecule has 2 unspecified atom stereocenters. The largest absolute Gasteiger partial charge is 0.480 e. The van der Waals surface area contributed by atoms with Gasteiger partial charge in [0, 0.05) is 5.75 Å². The van der Waals surface area contributed by atoms with Crippen LogP contribution in [0.25, 0.3) is 0 Å². The van der Waals surface area contributed by atoms with Gasteiger partial charge in [0.1, 0.15) is 6.04 Å². The lowest BCUT2D eigenvalue weighted by Gasteiger charge is -2.43. The van der Waals surface area contributed by atoms with E-state index >= 15 is 0 Å². The first-order valence-corrected chi connectivity index (χ1v) is 7.18. The molecule has 0 bridgehead atoms. The zero-order chi connectivity index (χ0) is 11.8. The van der Waals surface area contributed by atoms with Crippen molar-refractivity contribution in [2.75, 3.05) is 5.75 Å². The number of aliphatic carboxylic acids is 1. The van der Waals surface area contributed by atoms with E-state index in [1.165, 1.54) is 19.3 Å². The SMILES string of the molecule is CC(C)C1CCCCC12N[C@H](C(=O)O)CS2. The molecule has 2 aliphatic rings. The Balaban J connectivity index is 2.13. The number of hydrogen-bond acceptors (Lipinski definition) is 3. The number of hydrogen-bond donors (Lipinski definition) is 2. The number of rotatable bonds is 2. The number of carboxylic acids is 1. The van der Waals surface area contributed by atoms with Gasteiger partial charge in [-0.1, -0.05) is 26.7 Å². The number of carboxylic acid groups (broad SMARTS) is 1. The van der Waals surface area contributed by atoms with E-state index in [0.29, 0.717) is 11.8 Å². The van der Waals surface area contributed by atoms with E-state index in [1.54, 1.807) is 0 Å². The maximum Gasteiger partial charge on any atom is 0.321 e. The average molecular weight is 243 g/mol. The molecule has 4 heteroatoms. The van der Waals surface area contributed by atoms with Gasteiger partial charge in [-0.15, -0.1) is 11.8 Å². The summed E-state index contributed by atoms with van der Waals surface area (Å²) >= 11 is 1.85. The van der Waals surface area contributed by atoms with Crippen LogP contribution in [0.1, 0.15) is 39.5 Å². The van der Waals surface area contributed by atoms with Crippen LogP contribution in [-0.2, 0) is 4.79 Å². The Kier molecular flexibility index (Phi) is 3.50. The summed E-state index contributed by atoms with van der Waals surface area (Å²) in [5, 5.41) is 12.5. The topological polar surface area (TPSA) is 49.3 Å². The minimum Gasteiger partial charge on any atom is -0.480 e. The lowest BCUT2D eigenvalue weighted by Crippen LogP contribution is -2.52. The Bertz CT molecular complexity index is 282. The third kappa shape index (κ3) is 2.09. The predicted molar refractivity (Wildman–Crippen MR) is 66.5 cm³/mol. The van der Waals surface area contributed by atoms with E-state index in [1.807, 2.05) is 11.8 Å². The second-order valence-electron chi connectivity index (χ2n) is 5.33. The third-order valence-corrected chi connectivity index (χ3v) is 5.58. The summed E-state index contributed by atoms with van der Waals surface area (Å²) in [6.45, 7) is 4.52. The van der Waals surface area contributed by atoms with Crippen molar-refractivity contribution in [3.05, 3.63) is 0 Å². The zero-order valence-corrected chi connectivity index (χ0v) is 10.8. The van der Waals surface area contributed by atoms with Gasteiger partial charge in [-0.3, -0.25) is 10.1 Å². The van der Waals surface area contributed by atoms with Crippen LogP contribution < -0.4 is 5.32 Å². The van der Waals surface area contributed by atoms with Gasteiger partial charge < -0.3 is 5.11 Å². The quantitative estimate of drug-likeness (QED) is 0.781. The summed E-state index contributed by atoms with van der Waals surface area (Å²) in [5.41, 5.74) is 0. The van der Waals surface area contributed by atoms with Gasteiger partial charge in [0.15, 0.2) is 0 Å². The van der Waals surface area contributed by atoms with E-state index in [9.17, 15) is 4.79 Å². The summed E-state index contributed by atoms with van der Waals surface area (Å²) < 4.78 is 0. The van der Waals surface area contributed by atoms with Gasteiger partial charge >= 0.3 is 5.97 Å². The minimum absolute atomic E-state index is 0.0511. The van der Waals surface area contributed by atoms with Crippen molar-refractivity contribution in [1.82, 2.24) is 5.32 Å². The number of thioether (sulfide) groups is 1. The first-order valence-electron chi connectivity index (χ1n) is 6.19. The fourth-order valence-corrected chi connectivity index (χ4v) is 4.95. The van der Waals surface area contributed by atoms with Gasteiger partial charge in [-0.25, -0.2) is 0 Å². The molecule has 0 aromatic carbocycles. The van der Waals surface area contributed by atoms with Crippen LogP contribution >= 0.6 is 11.8 Å². The maximum atomic E-state index is 11.0. The molecule has 1 aliphatic heterocycles. The number of carbonyl (C=O) groups is 1. The highest BCUT2D eigenvalue weighted by Gasteiger charge is 2.49. The first-order chi connectivity index (χ1) is 7.55. The fraction of sp³-hybridized carbons (Fsp3) is 0.917. The molecule has 3 nitrogen and oxygen atoms in total. The first kappa shape index (κ1) is 12.2. The normalized spacial score (nSPS) is 39.4. The van der Waals surface area contributed by atoms with Crippen LogP contribution in [0.5, 0.6) is 0 Å². The molecule has 1 saturated heterocycles. The van der Waals surface area contributed by atoms with Crippen LogP contribution in [0.15, 0.2) is 0 Å². The monoisotopic (exact) mass is 243 g/mol. The van der Waals surface area contributed by atoms with Crippen molar-refractivity contribution in [2.24, 2.45) is 11.8 Å². The number of nitrogens with one attached hydrogen (secondary N) is 1. The molecule has 2 fully saturated rings. The van der Waals surface area contributed by atoms with Gasteiger partial charge in [0.2, 0.25) is 0 Å². The highest BCUT2D eigenvalue weighted by Crippen LogP contribution is 2.48. The van der Waals surface area contributed by atoms with E-state index in [4.69, 9.17) is 5.11 Å². The van der Waals surface area contributed by atoms with Gasteiger partial charge in [0.05, 0.1) is 4.87 Å². The molecule has 0 amide bonds. The smallest absolute Gasteiger partial charge is 0.321 e. The second kappa shape index (κ2) is 4.57. The Morgan fingerprint density at radius 3 is 2.81 bits per heavy atom. The second-order valence-corrected chi connectivity index (χ2v) is 6.68. The lowest BCUT2D eigenvalue weighted by molar-refractivity contribution is -0.139. The summed E-state index contributed by atoms with van der Waals surface area (Å²) in [4.78, 5) is 11.1. The average Bonchev–Trinajstić information content (AvgIpc) is 2.63. The molecule has 1 saturated carbocycles. The van der Waals surface area contributed by atoms with Crippen molar-refractivity contribution < 1.29 is 9.90 Å². The Morgan fingerprint density at radius 1 is 1.50 bits per heavy atom. The minimum atomic E-state index is -0.697. The highest BCUT2D eigenvalue weighted by atomic mass is 32.2. The van der Waals surface area contributed by atoms with Crippen LogP contribution in [0.3, 0.4) is 0 Å². The summed E-state index contributed by atoms with van der Waals surface area (Å²) in [6.07, 6.45) is 4.90. The molecule has 1 heterocycles. The third-order valence-electron chi connectivity index (χ3n) is 3.94. The fourth-order valence-electron chi connectivity index (χ4n) is 3.14. The molecule has 2 rings (SSSR count). The molecule has 0 aromatic rings. The van der Waals surface area contributed by atoms with Crippen molar-refractivity contribution in [2.45, 2.75) is 50.4 Å². The van der Waals surface area contributed by atoms with Crippen LogP contribution in [0.4, 0.5) is 0 Å². The molecule has 3 atom stereocenters. The lowest BCUT2D eigenvalue weighted by atomic mass is 9.77. The molecule has 2 N–H and O–H groups in total. The van der Waals surface area contributed by atoms with Crippen LogP contribution in [-0.4, -0.2) is 27.7 Å². The molecule has 0 radical (unpaired) electrons. The molecule has 16 heavy (non-hydrogen) atoms. The molecule has 92 valence electrons. The molecule has 0 aromatic heterocycles. The summed E-state index contributed by atoms with van der Waals surface area (Å²) in [6, 6.07) is -0.343. The van der Waals surface area contributed by atoms with Gasteiger partial charge in [-0.05, 0) is 24.7 Å². The van der Waals surface area contributed by atoms with Crippen molar-refractivity contribution in [3.63, 3.8) is 0 Å². The van der Waals surface area contributed by atoms with E-state index in [0.717, 1.165) is 12.2 Å². The molecule has 1 aliphatic carbocycles. The molecular formula is C12H21NO2S. The standard InChI is InChI=1S/C12H21NO2S/c1-8(2)9-5-3-4-6-12(9)13-10(7-16-12)11(14)15/h8-10,13H,3-7H2,1-2H3,(H,14,15)/t9?,10-,12?/m0/s1. The van der Waals surface area contributed by atoms with Gasteiger partial charge in [-0.2, -0.15) is 0 Å². The van der Waals surface area contributed by atoms with Crippen molar-refractivity contribution >= 4 is 17.7 Å². The van der Waals surface area contributed by atoms with Crippen LogP contribution in [0.2, 0.25) is 0 Å². The maximum absolute atomic E-state index is 11.0. The molecule has 1 spiro atoms. The van der Waals surface area contributed by atoms with E-state index in [2.05, 4.69) is 19.2 Å². The Hall–Kier alpha value is -0.220. The Labute approximate surface area is 101 Å². The summed E-state index contributed by atoms with van der Waals surface area (Å²) in [5.74, 6) is 1.28. The highest BCUT2D eigenvalue weighted by molar-refractivity contribution is 8.01. The van der Waals surface area contributed by atoms with E-state index in [-0.39, 0.29) is 10.9 Å². The summed E-state index contributed by atoms with van der Waals surface area (Å²) in [7, 11) is 0. The molecular weight excluding hydrogens is 222 g/mol.